The Morgan fingerprint density at radius 3 is 2.74 bits per heavy atom. The second-order valence-corrected chi connectivity index (χ2v) is 7.87. The second-order valence-electron chi connectivity index (χ2n) is 7.87. The Morgan fingerprint density at radius 1 is 1.30 bits per heavy atom. The zero-order valence-corrected chi connectivity index (χ0v) is 16.3. The molecule has 2 heterocycles. The van der Waals surface area contributed by atoms with Crippen LogP contribution in [0, 0.1) is 0 Å². The first-order valence-corrected chi connectivity index (χ1v) is 9.34. The number of hydrogen-bond donors (Lipinski definition) is 1. The minimum absolute atomic E-state index is 0.00251. The summed E-state index contributed by atoms with van der Waals surface area (Å²) in [5.41, 5.74) is 1.14. The third-order valence-corrected chi connectivity index (χ3v) is 5.24. The van der Waals surface area contributed by atoms with Crippen LogP contribution in [0.3, 0.4) is 0 Å². The molecule has 7 nitrogen and oxygen atoms in total. The second kappa shape index (κ2) is 8.08. The van der Waals surface area contributed by atoms with Crippen molar-refractivity contribution < 1.29 is 14.1 Å². The van der Waals surface area contributed by atoms with E-state index in [0.717, 1.165) is 25.9 Å². The van der Waals surface area contributed by atoms with Crippen molar-refractivity contribution in [1.82, 2.24) is 20.4 Å². The summed E-state index contributed by atoms with van der Waals surface area (Å²) in [5, 5.41) is 6.76. The summed E-state index contributed by atoms with van der Waals surface area (Å²) in [6.07, 6.45) is 4.01. The molecule has 1 N–H and O–H groups in total. The molecule has 27 heavy (non-hydrogen) atoms. The fourth-order valence-electron chi connectivity index (χ4n) is 3.96. The Balaban J connectivity index is 1.62. The van der Waals surface area contributed by atoms with E-state index in [9.17, 15) is 4.79 Å². The standard InChI is InChI=1S/C20H28N4O3/c1-19(2)14-20(10-12-26-19,16-7-5-4-6-8-16)9-11-21-18(25)24(3)13-17-22-15-27-23-17/h4-8,15H,9-14H2,1-3H3,(H,21,25). The van der Waals surface area contributed by atoms with E-state index >= 15 is 0 Å². The van der Waals surface area contributed by atoms with E-state index in [1.165, 1.54) is 12.0 Å². The van der Waals surface area contributed by atoms with Crippen LogP contribution in [0.25, 0.3) is 0 Å². The molecule has 1 aliphatic rings. The molecular formula is C20H28N4O3. The van der Waals surface area contributed by atoms with Crippen molar-refractivity contribution in [2.24, 2.45) is 0 Å². The van der Waals surface area contributed by atoms with Gasteiger partial charge in [0.15, 0.2) is 5.82 Å². The first-order chi connectivity index (χ1) is 12.9. The first kappa shape index (κ1) is 19.4. The van der Waals surface area contributed by atoms with Crippen molar-refractivity contribution in [3.05, 3.63) is 48.1 Å². The zero-order chi connectivity index (χ0) is 19.3. The number of carbonyl (C=O) groups excluding carboxylic acids is 1. The molecule has 2 aromatic rings. The van der Waals surface area contributed by atoms with Crippen LogP contribution in [-0.2, 0) is 16.7 Å². The maximum absolute atomic E-state index is 12.4. The number of amides is 2. The predicted octanol–water partition coefficient (Wildman–Crippen LogP) is 3.13. The molecule has 0 spiro atoms. The molecule has 1 saturated heterocycles. The molecule has 0 aliphatic carbocycles. The highest BCUT2D eigenvalue weighted by atomic mass is 16.5. The molecule has 0 saturated carbocycles. The Kier molecular flexibility index (Phi) is 5.79. The summed E-state index contributed by atoms with van der Waals surface area (Å²) >= 11 is 0. The third-order valence-electron chi connectivity index (χ3n) is 5.24. The molecule has 2 amide bonds. The average molecular weight is 372 g/mol. The topological polar surface area (TPSA) is 80.5 Å². The number of aromatic nitrogens is 2. The van der Waals surface area contributed by atoms with Crippen molar-refractivity contribution in [1.29, 1.82) is 0 Å². The van der Waals surface area contributed by atoms with E-state index < -0.39 is 0 Å². The molecule has 1 aromatic carbocycles. The van der Waals surface area contributed by atoms with Crippen LogP contribution in [-0.4, -0.2) is 46.9 Å². The molecule has 146 valence electrons. The zero-order valence-electron chi connectivity index (χ0n) is 16.3. The number of rotatable bonds is 6. The number of ether oxygens (including phenoxy) is 1. The smallest absolute Gasteiger partial charge is 0.317 e. The number of benzene rings is 1. The van der Waals surface area contributed by atoms with Crippen molar-refractivity contribution in [3.8, 4) is 0 Å². The maximum atomic E-state index is 12.4. The SMILES string of the molecule is CN(Cc1ncon1)C(=O)NCCC1(c2ccccc2)CCOC(C)(C)C1. The molecule has 1 fully saturated rings. The van der Waals surface area contributed by atoms with E-state index in [1.54, 1.807) is 11.9 Å². The average Bonchev–Trinajstić information content (AvgIpc) is 3.14. The molecule has 1 aromatic heterocycles. The molecular weight excluding hydrogens is 344 g/mol. The highest BCUT2D eigenvalue weighted by Crippen LogP contribution is 2.43. The van der Waals surface area contributed by atoms with Crippen molar-refractivity contribution in [2.75, 3.05) is 20.2 Å². The van der Waals surface area contributed by atoms with Gasteiger partial charge in [-0.05, 0) is 38.7 Å². The van der Waals surface area contributed by atoms with Gasteiger partial charge in [-0.2, -0.15) is 4.98 Å². The highest BCUT2D eigenvalue weighted by molar-refractivity contribution is 5.73. The number of hydrogen-bond acceptors (Lipinski definition) is 5. The lowest BCUT2D eigenvalue weighted by Gasteiger charge is -2.45. The maximum Gasteiger partial charge on any atom is 0.317 e. The van der Waals surface area contributed by atoms with Crippen LogP contribution in [0.5, 0.6) is 0 Å². The molecule has 1 aliphatic heterocycles. The third kappa shape index (κ3) is 4.86. The van der Waals surface area contributed by atoms with Crippen molar-refractivity contribution in [3.63, 3.8) is 0 Å². The lowest BCUT2D eigenvalue weighted by atomic mass is 9.67. The van der Waals surface area contributed by atoms with Gasteiger partial charge in [0, 0.05) is 25.6 Å². The van der Waals surface area contributed by atoms with Crippen LogP contribution in [0.1, 0.15) is 44.5 Å². The van der Waals surface area contributed by atoms with Gasteiger partial charge in [-0.3, -0.25) is 0 Å². The van der Waals surface area contributed by atoms with Gasteiger partial charge in [-0.1, -0.05) is 35.5 Å². The van der Waals surface area contributed by atoms with E-state index in [2.05, 4.69) is 53.6 Å². The van der Waals surface area contributed by atoms with Gasteiger partial charge in [0.1, 0.15) is 0 Å². The fraction of sp³-hybridized carbons (Fsp3) is 0.550. The number of nitrogens with zero attached hydrogens (tertiary/aromatic N) is 3. The summed E-state index contributed by atoms with van der Waals surface area (Å²) in [5.74, 6) is 0.486. The van der Waals surface area contributed by atoms with Gasteiger partial charge in [-0.25, -0.2) is 4.79 Å². The monoisotopic (exact) mass is 372 g/mol. The van der Waals surface area contributed by atoms with Gasteiger partial charge >= 0.3 is 6.03 Å². The van der Waals surface area contributed by atoms with Crippen LogP contribution in [0.4, 0.5) is 4.79 Å². The van der Waals surface area contributed by atoms with Crippen molar-refractivity contribution >= 4 is 6.03 Å². The van der Waals surface area contributed by atoms with Gasteiger partial charge in [0.2, 0.25) is 6.39 Å². The number of carbonyl (C=O) groups is 1. The summed E-state index contributed by atoms with van der Waals surface area (Å²) in [4.78, 5) is 17.9. The van der Waals surface area contributed by atoms with Crippen LogP contribution >= 0.6 is 0 Å². The normalized spacial score (nSPS) is 21.6. The number of nitrogens with one attached hydrogen (secondary N) is 1. The molecule has 1 atom stereocenters. The first-order valence-electron chi connectivity index (χ1n) is 9.34. The van der Waals surface area contributed by atoms with Gasteiger partial charge in [-0.15, -0.1) is 0 Å². The Bertz CT molecular complexity index is 733. The molecule has 3 rings (SSSR count). The minimum atomic E-state index is -0.173. The summed E-state index contributed by atoms with van der Waals surface area (Å²) < 4.78 is 10.7. The van der Waals surface area contributed by atoms with Gasteiger partial charge in [0.05, 0.1) is 12.1 Å². The number of urea groups is 1. The fourth-order valence-corrected chi connectivity index (χ4v) is 3.96. The quantitative estimate of drug-likeness (QED) is 0.843. The van der Waals surface area contributed by atoms with Crippen molar-refractivity contribution in [2.45, 2.75) is 50.7 Å². The summed E-state index contributed by atoms with van der Waals surface area (Å²) in [6.45, 7) is 5.92. The Hall–Kier alpha value is -2.41. The Labute approximate surface area is 160 Å². The van der Waals surface area contributed by atoms with E-state index in [-0.39, 0.29) is 17.0 Å². The Morgan fingerprint density at radius 2 is 2.07 bits per heavy atom. The van der Waals surface area contributed by atoms with Crippen LogP contribution in [0.2, 0.25) is 0 Å². The lowest BCUT2D eigenvalue weighted by molar-refractivity contribution is -0.0838. The van der Waals surface area contributed by atoms with E-state index in [0.29, 0.717) is 18.9 Å². The van der Waals surface area contributed by atoms with Crippen LogP contribution in [0.15, 0.2) is 41.2 Å². The highest BCUT2D eigenvalue weighted by Gasteiger charge is 2.41. The van der Waals surface area contributed by atoms with E-state index in [1.807, 2.05) is 6.07 Å². The minimum Gasteiger partial charge on any atom is -0.376 e. The van der Waals surface area contributed by atoms with Crippen LogP contribution < -0.4 is 5.32 Å². The van der Waals surface area contributed by atoms with Gasteiger partial charge < -0.3 is 19.5 Å². The summed E-state index contributed by atoms with van der Waals surface area (Å²) in [6, 6.07) is 10.4. The molecule has 7 heteroatoms. The van der Waals surface area contributed by atoms with E-state index in [4.69, 9.17) is 9.26 Å². The molecule has 0 bridgehead atoms. The molecule has 1 unspecified atom stereocenters. The van der Waals surface area contributed by atoms with Gasteiger partial charge in [0.25, 0.3) is 0 Å². The summed E-state index contributed by atoms with van der Waals surface area (Å²) in [7, 11) is 1.72. The predicted molar refractivity (Wildman–Crippen MR) is 101 cm³/mol. The molecule has 0 radical (unpaired) electrons. The lowest BCUT2D eigenvalue weighted by Crippen LogP contribution is -2.46. The largest absolute Gasteiger partial charge is 0.376 e.